The topological polar surface area (TPSA) is 91.0 Å². The maximum Gasteiger partial charge on any atom is 0.260 e. The van der Waals surface area contributed by atoms with E-state index in [1.807, 2.05) is 29.8 Å². The summed E-state index contributed by atoms with van der Waals surface area (Å²) in [6.45, 7) is 3.91. The van der Waals surface area contributed by atoms with Crippen LogP contribution in [0.3, 0.4) is 0 Å². The van der Waals surface area contributed by atoms with E-state index in [9.17, 15) is 4.79 Å². The van der Waals surface area contributed by atoms with E-state index in [2.05, 4.69) is 20.6 Å². The third-order valence-corrected chi connectivity index (χ3v) is 4.09. The van der Waals surface area contributed by atoms with Gasteiger partial charge in [0.2, 0.25) is 0 Å². The molecule has 0 radical (unpaired) electrons. The molecule has 3 heterocycles. The highest BCUT2D eigenvalue weighted by atomic mass is 16.5. The highest BCUT2D eigenvalue weighted by Gasteiger charge is 2.22. The minimum Gasteiger partial charge on any atom is -0.484 e. The Morgan fingerprint density at radius 2 is 2.08 bits per heavy atom. The largest absolute Gasteiger partial charge is 0.484 e. The van der Waals surface area contributed by atoms with Crippen molar-refractivity contribution in [3.8, 4) is 11.4 Å². The first-order chi connectivity index (χ1) is 12.2. The Balaban J connectivity index is 1.34. The number of benzene rings is 1. The first-order valence-electron chi connectivity index (χ1n) is 7.96. The summed E-state index contributed by atoms with van der Waals surface area (Å²) in [6.07, 6.45) is 1.52. The Morgan fingerprint density at radius 1 is 1.24 bits per heavy atom. The first kappa shape index (κ1) is 15.3. The molecule has 1 aromatic carbocycles. The monoisotopic (exact) mass is 339 g/mol. The van der Waals surface area contributed by atoms with Crippen LogP contribution in [-0.4, -0.2) is 53.9 Å². The van der Waals surface area contributed by atoms with E-state index >= 15 is 0 Å². The zero-order valence-electron chi connectivity index (χ0n) is 13.7. The van der Waals surface area contributed by atoms with Gasteiger partial charge in [-0.25, -0.2) is 4.68 Å². The third-order valence-electron chi connectivity index (χ3n) is 4.09. The maximum atomic E-state index is 12.4. The fourth-order valence-corrected chi connectivity index (χ4v) is 2.83. The molecular formula is C16H17N7O2. The van der Waals surface area contributed by atoms with Crippen LogP contribution in [0, 0.1) is 6.92 Å². The second-order valence-electron chi connectivity index (χ2n) is 5.85. The van der Waals surface area contributed by atoms with Gasteiger partial charge in [-0.1, -0.05) is 0 Å². The number of tetrazole rings is 1. The lowest BCUT2D eigenvalue weighted by Gasteiger charge is -2.27. The summed E-state index contributed by atoms with van der Waals surface area (Å²) in [5.41, 5.74) is 2.86. The Morgan fingerprint density at radius 3 is 2.84 bits per heavy atom. The van der Waals surface area contributed by atoms with Crippen molar-refractivity contribution in [2.75, 3.05) is 13.2 Å². The molecule has 0 fully saturated rings. The lowest BCUT2D eigenvalue weighted by atomic mass is 10.3. The van der Waals surface area contributed by atoms with Gasteiger partial charge in [0.1, 0.15) is 12.1 Å². The molecule has 0 bridgehead atoms. The molecule has 0 saturated carbocycles. The van der Waals surface area contributed by atoms with Gasteiger partial charge in [-0.05, 0) is 47.7 Å². The molecule has 9 nitrogen and oxygen atoms in total. The first-order valence-corrected chi connectivity index (χ1v) is 7.96. The number of hydrogen-bond acceptors (Lipinski definition) is 6. The van der Waals surface area contributed by atoms with Crippen molar-refractivity contribution < 1.29 is 9.53 Å². The standard InChI is InChI=1S/C16H17N7O2/c1-12-8-14-9-21(6-7-22(14)18-12)16(24)10-25-15-4-2-13(3-5-15)23-11-17-19-20-23/h2-5,8,11H,6-7,9-10H2,1H3. The van der Waals surface area contributed by atoms with E-state index < -0.39 is 0 Å². The number of amides is 1. The van der Waals surface area contributed by atoms with Crippen molar-refractivity contribution >= 4 is 5.91 Å². The van der Waals surface area contributed by atoms with E-state index in [0.29, 0.717) is 18.8 Å². The zero-order valence-corrected chi connectivity index (χ0v) is 13.7. The molecule has 25 heavy (non-hydrogen) atoms. The van der Waals surface area contributed by atoms with Crippen molar-refractivity contribution in [3.63, 3.8) is 0 Å². The zero-order chi connectivity index (χ0) is 17.2. The van der Waals surface area contributed by atoms with Crippen LogP contribution in [-0.2, 0) is 17.9 Å². The van der Waals surface area contributed by atoms with Crippen molar-refractivity contribution in [1.29, 1.82) is 0 Å². The van der Waals surface area contributed by atoms with Gasteiger partial charge in [0, 0.05) is 6.54 Å². The smallest absolute Gasteiger partial charge is 0.260 e. The maximum absolute atomic E-state index is 12.4. The van der Waals surface area contributed by atoms with Gasteiger partial charge in [-0.15, -0.1) is 5.10 Å². The minimum atomic E-state index is -0.0327. The van der Waals surface area contributed by atoms with Crippen LogP contribution in [0.15, 0.2) is 36.7 Å². The van der Waals surface area contributed by atoms with Crippen LogP contribution in [0.25, 0.3) is 5.69 Å². The second-order valence-corrected chi connectivity index (χ2v) is 5.85. The fraction of sp³-hybridized carbons (Fsp3) is 0.312. The highest BCUT2D eigenvalue weighted by Crippen LogP contribution is 2.16. The number of carbonyl (C=O) groups is 1. The molecule has 2 aromatic heterocycles. The Kier molecular flexibility index (Phi) is 3.88. The summed E-state index contributed by atoms with van der Waals surface area (Å²) >= 11 is 0. The van der Waals surface area contributed by atoms with Crippen molar-refractivity contribution in [2.24, 2.45) is 0 Å². The summed E-state index contributed by atoms with van der Waals surface area (Å²) in [5, 5.41) is 15.4. The lowest BCUT2D eigenvalue weighted by molar-refractivity contribution is -0.134. The normalized spacial score (nSPS) is 13.6. The van der Waals surface area contributed by atoms with Crippen LogP contribution in [0.5, 0.6) is 5.75 Å². The van der Waals surface area contributed by atoms with Crippen molar-refractivity contribution in [1.82, 2.24) is 34.9 Å². The van der Waals surface area contributed by atoms with Crippen LogP contribution < -0.4 is 4.74 Å². The molecule has 1 aliphatic heterocycles. The van der Waals surface area contributed by atoms with Gasteiger partial charge in [-0.3, -0.25) is 9.48 Å². The fourth-order valence-electron chi connectivity index (χ4n) is 2.83. The van der Waals surface area contributed by atoms with Gasteiger partial charge in [0.05, 0.1) is 30.2 Å². The average molecular weight is 339 g/mol. The highest BCUT2D eigenvalue weighted by molar-refractivity contribution is 5.77. The molecular weight excluding hydrogens is 322 g/mol. The number of fused-ring (bicyclic) bond motifs is 1. The molecule has 0 aliphatic carbocycles. The van der Waals surface area contributed by atoms with Gasteiger partial charge < -0.3 is 9.64 Å². The number of carbonyl (C=O) groups excluding carboxylic acids is 1. The summed E-state index contributed by atoms with van der Waals surface area (Å²) < 4.78 is 9.12. The molecule has 0 atom stereocenters. The minimum absolute atomic E-state index is 0.0113. The molecule has 3 aromatic rings. The SMILES string of the molecule is Cc1cc2n(n1)CCN(C(=O)COc1ccc(-n3cnnn3)cc1)C2. The molecule has 4 rings (SSSR count). The van der Waals surface area contributed by atoms with Crippen LogP contribution in [0.1, 0.15) is 11.4 Å². The number of nitrogens with zero attached hydrogens (tertiary/aromatic N) is 7. The number of aryl methyl sites for hydroxylation is 1. The van der Waals surface area contributed by atoms with E-state index in [-0.39, 0.29) is 12.5 Å². The molecule has 128 valence electrons. The molecule has 0 saturated heterocycles. The summed E-state index contributed by atoms with van der Waals surface area (Å²) in [4.78, 5) is 14.2. The number of rotatable bonds is 4. The average Bonchev–Trinajstić information content (AvgIpc) is 3.28. The molecule has 0 N–H and O–H groups in total. The van der Waals surface area contributed by atoms with Gasteiger partial charge >= 0.3 is 0 Å². The number of ether oxygens (including phenoxy) is 1. The quantitative estimate of drug-likeness (QED) is 0.691. The van der Waals surface area contributed by atoms with Gasteiger partial charge in [0.15, 0.2) is 6.61 Å². The van der Waals surface area contributed by atoms with Crippen LogP contribution in [0.4, 0.5) is 0 Å². The van der Waals surface area contributed by atoms with Crippen LogP contribution in [0.2, 0.25) is 0 Å². The van der Waals surface area contributed by atoms with Crippen molar-refractivity contribution in [3.05, 3.63) is 48.0 Å². The van der Waals surface area contributed by atoms with Crippen LogP contribution >= 0.6 is 0 Å². The predicted molar refractivity (Wildman–Crippen MR) is 87.0 cm³/mol. The Hall–Kier alpha value is -3.23. The summed E-state index contributed by atoms with van der Waals surface area (Å²) in [7, 11) is 0. The van der Waals surface area contributed by atoms with E-state index in [0.717, 1.165) is 23.6 Å². The second kappa shape index (κ2) is 6.34. The molecule has 1 amide bonds. The van der Waals surface area contributed by atoms with E-state index in [4.69, 9.17) is 4.74 Å². The van der Waals surface area contributed by atoms with Crippen molar-refractivity contribution in [2.45, 2.75) is 20.0 Å². The molecule has 0 spiro atoms. The number of hydrogen-bond donors (Lipinski definition) is 0. The van der Waals surface area contributed by atoms with Gasteiger partial charge in [-0.2, -0.15) is 5.10 Å². The number of aromatic nitrogens is 6. The third kappa shape index (κ3) is 3.21. The van der Waals surface area contributed by atoms with E-state index in [1.54, 1.807) is 21.7 Å². The molecule has 0 unspecified atom stereocenters. The summed E-state index contributed by atoms with van der Waals surface area (Å²) in [5.74, 6) is 0.595. The van der Waals surface area contributed by atoms with Gasteiger partial charge in [0.25, 0.3) is 5.91 Å². The Bertz CT molecular complexity index is 871. The Labute approximate surface area is 143 Å². The lowest BCUT2D eigenvalue weighted by Crippen LogP contribution is -2.40. The van der Waals surface area contributed by atoms with E-state index in [1.165, 1.54) is 6.33 Å². The summed E-state index contributed by atoms with van der Waals surface area (Å²) in [6, 6.07) is 9.26. The predicted octanol–water partition coefficient (Wildman–Crippen LogP) is 0.588. The molecule has 1 aliphatic rings. The molecule has 9 heteroatoms.